The van der Waals surface area contributed by atoms with Crippen molar-refractivity contribution in [2.24, 2.45) is 0 Å². The summed E-state index contributed by atoms with van der Waals surface area (Å²) in [6.45, 7) is 16.3. The Kier molecular flexibility index (Phi) is 3.79. The normalized spacial score (nSPS) is 27.9. The first kappa shape index (κ1) is 13.2. The minimum absolute atomic E-state index is 0.0496. The summed E-state index contributed by atoms with van der Waals surface area (Å²) in [6.07, 6.45) is 1.42. The van der Waals surface area contributed by atoms with Gasteiger partial charge in [-0.25, -0.2) is 0 Å². The maximum absolute atomic E-state index is 11.7. The molecule has 1 saturated heterocycles. The molecule has 92 valence electrons. The Bertz CT molecular complexity index is 268. The maximum atomic E-state index is 11.7. The van der Waals surface area contributed by atoms with Crippen LogP contribution in [0.25, 0.3) is 0 Å². The summed E-state index contributed by atoms with van der Waals surface area (Å²) in [5.74, 6) is 0.0496. The fourth-order valence-electron chi connectivity index (χ4n) is 2.41. The van der Waals surface area contributed by atoms with Crippen LogP contribution in [-0.4, -0.2) is 46.4 Å². The molecule has 1 aliphatic heterocycles. The number of carbonyl (C=O) groups excluding carboxylic acids is 1. The Morgan fingerprint density at radius 3 is 2.00 bits per heavy atom. The Morgan fingerprint density at radius 2 is 1.69 bits per heavy atom. The van der Waals surface area contributed by atoms with E-state index in [4.69, 9.17) is 0 Å². The standard InChI is InChI=1S/C13H24N2O/c1-7-12(16)15-10(2)8-14(9-11(15)3)13(4,5)6/h7,10-11H,1,8-9H2,2-6H3/t10-,11+. The molecule has 1 aliphatic rings. The monoisotopic (exact) mass is 224 g/mol. The molecule has 0 unspecified atom stereocenters. The topological polar surface area (TPSA) is 23.6 Å². The molecule has 3 nitrogen and oxygen atoms in total. The van der Waals surface area contributed by atoms with Crippen molar-refractivity contribution < 1.29 is 4.79 Å². The third-order valence-electron chi connectivity index (χ3n) is 3.30. The van der Waals surface area contributed by atoms with Crippen LogP contribution in [-0.2, 0) is 4.79 Å². The highest BCUT2D eigenvalue weighted by Gasteiger charge is 2.35. The van der Waals surface area contributed by atoms with Crippen LogP contribution in [0.4, 0.5) is 0 Å². The first-order valence-electron chi connectivity index (χ1n) is 5.97. The molecule has 0 aromatic rings. The van der Waals surface area contributed by atoms with Gasteiger partial charge in [0.05, 0.1) is 0 Å². The molecule has 0 bridgehead atoms. The maximum Gasteiger partial charge on any atom is 0.246 e. The molecule has 0 aromatic heterocycles. The smallest absolute Gasteiger partial charge is 0.246 e. The van der Waals surface area contributed by atoms with Crippen molar-refractivity contribution in [1.82, 2.24) is 9.80 Å². The van der Waals surface area contributed by atoms with Crippen molar-refractivity contribution in [3.63, 3.8) is 0 Å². The van der Waals surface area contributed by atoms with E-state index in [9.17, 15) is 4.79 Å². The summed E-state index contributed by atoms with van der Waals surface area (Å²) in [4.78, 5) is 16.1. The van der Waals surface area contributed by atoms with E-state index in [1.54, 1.807) is 0 Å². The predicted octanol–water partition coefficient (Wildman–Crippen LogP) is 1.89. The first-order chi connectivity index (χ1) is 7.27. The van der Waals surface area contributed by atoms with E-state index in [0.29, 0.717) is 0 Å². The van der Waals surface area contributed by atoms with Crippen LogP contribution in [0.1, 0.15) is 34.6 Å². The largest absolute Gasteiger partial charge is 0.331 e. The second-order valence-electron chi connectivity index (χ2n) is 5.72. The summed E-state index contributed by atoms with van der Waals surface area (Å²) < 4.78 is 0. The van der Waals surface area contributed by atoms with Gasteiger partial charge in [-0.2, -0.15) is 0 Å². The Hall–Kier alpha value is -0.830. The van der Waals surface area contributed by atoms with E-state index in [1.165, 1.54) is 6.08 Å². The van der Waals surface area contributed by atoms with Crippen molar-refractivity contribution in [1.29, 1.82) is 0 Å². The Balaban J connectivity index is 2.79. The quantitative estimate of drug-likeness (QED) is 0.635. The highest BCUT2D eigenvalue weighted by Crippen LogP contribution is 2.23. The lowest BCUT2D eigenvalue weighted by molar-refractivity contribution is -0.135. The van der Waals surface area contributed by atoms with E-state index in [1.807, 2.05) is 4.90 Å². The van der Waals surface area contributed by atoms with E-state index in [-0.39, 0.29) is 23.5 Å². The highest BCUT2D eigenvalue weighted by atomic mass is 16.2. The molecular formula is C13H24N2O. The van der Waals surface area contributed by atoms with Gasteiger partial charge in [-0.15, -0.1) is 0 Å². The van der Waals surface area contributed by atoms with E-state index in [0.717, 1.165) is 13.1 Å². The molecule has 0 radical (unpaired) electrons. The third-order valence-corrected chi connectivity index (χ3v) is 3.30. The van der Waals surface area contributed by atoms with E-state index in [2.05, 4.69) is 46.1 Å². The molecule has 2 atom stereocenters. The predicted molar refractivity (Wildman–Crippen MR) is 67.3 cm³/mol. The van der Waals surface area contributed by atoms with Crippen LogP contribution in [0.2, 0.25) is 0 Å². The molecule has 0 spiro atoms. The summed E-state index contributed by atoms with van der Waals surface area (Å²) in [6, 6.07) is 0.516. The summed E-state index contributed by atoms with van der Waals surface area (Å²) in [5, 5.41) is 0. The van der Waals surface area contributed by atoms with Gasteiger partial charge in [0.15, 0.2) is 0 Å². The van der Waals surface area contributed by atoms with Crippen LogP contribution < -0.4 is 0 Å². The molecule has 1 rings (SSSR count). The zero-order chi connectivity index (χ0) is 12.5. The van der Waals surface area contributed by atoms with Crippen molar-refractivity contribution in [3.8, 4) is 0 Å². The Morgan fingerprint density at radius 1 is 1.25 bits per heavy atom. The van der Waals surface area contributed by atoms with Crippen molar-refractivity contribution in [2.75, 3.05) is 13.1 Å². The minimum atomic E-state index is 0.0496. The molecule has 16 heavy (non-hydrogen) atoms. The van der Waals surface area contributed by atoms with Crippen LogP contribution in [0.15, 0.2) is 12.7 Å². The molecular weight excluding hydrogens is 200 g/mol. The van der Waals surface area contributed by atoms with Crippen LogP contribution in [0.3, 0.4) is 0 Å². The fourth-order valence-corrected chi connectivity index (χ4v) is 2.41. The lowest BCUT2D eigenvalue weighted by Gasteiger charge is -2.49. The van der Waals surface area contributed by atoms with Gasteiger partial charge in [-0.1, -0.05) is 6.58 Å². The number of amides is 1. The number of hydrogen-bond acceptors (Lipinski definition) is 2. The zero-order valence-electron chi connectivity index (χ0n) is 11.2. The van der Waals surface area contributed by atoms with Gasteiger partial charge in [0.2, 0.25) is 5.91 Å². The molecule has 0 aliphatic carbocycles. The number of hydrogen-bond donors (Lipinski definition) is 0. The Labute approximate surface area is 99.1 Å². The van der Waals surface area contributed by atoms with Crippen LogP contribution >= 0.6 is 0 Å². The lowest BCUT2D eigenvalue weighted by atomic mass is 9.99. The van der Waals surface area contributed by atoms with Crippen LogP contribution in [0, 0.1) is 0 Å². The second-order valence-corrected chi connectivity index (χ2v) is 5.72. The zero-order valence-corrected chi connectivity index (χ0v) is 11.2. The summed E-state index contributed by atoms with van der Waals surface area (Å²) in [5.41, 5.74) is 0.172. The average Bonchev–Trinajstić information content (AvgIpc) is 2.14. The molecule has 1 amide bonds. The van der Waals surface area contributed by atoms with Crippen molar-refractivity contribution in [2.45, 2.75) is 52.2 Å². The molecule has 3 heteroatoms. The molecule has 1 heterocycles. The number of rotatable bonds is 1. The average molecular weight is 224 g/mol. The first-order valence-corrected chi connectivity index (χ1v) is 5.97. The van der Waals surface area contributed by atoms with Gasteiger partial charge in [-0.05, 0) is 40.7 Å². The van der Waals surface area contributed by atoms with Gasteiger partial charge < -0.3 is 4.90 Å². The number of piperazine rings is 1. The SMILES string of the molecule is C=CC(=O)N1[C@H](C)CN(C(C)(C)C)C[C@@H]1C. The highest BCUT2D eigenvalue weighted by molar-refractivity contribution is 5.87. The van der Waals surface area contributed by atoms with Crippen LogP contribution in [0.5, 0.6) is 0 Å². The lowest BCUT2D eigenvalue weighted by Crippen LogP contribution is -2.62. The summed E-state index contributed by atoms with van der Waals surface area (Å²) >= 11 is 0. The number of carbonyl (C=O) groups is 1. The van der Waals surface area contributed by atoms with Gasteiger partial charge in [0, 0.05) is 30.7 Å². The van der Waals surface area contributed by atoms with Gasteiger partial charge in [-0.3, -0.25) is 9.69 Å². The molecule has 0 aromatic carbocycles. The molecule has 0 N–H and O–H groups in total. The van der Waals surface area contributed by atoms with Gasteiger partial charge in [0.1, 0.15) is 0 Å². The van der Waals surface area contributed by atoms with Gasteiger partial charge >= 0.3 is 0 Å². The third kappa shape index (κ3) is 2.64. The fraction of sp³-hybridized carbons (Fsp3) is 0.769. The van der Waals surface area contributed by atoms with Crippen molar-refractivity contribution >= 4 is 5.91 Å². The van der Waals surface area contributed by atoms with E-state index >= 15 is 0 Å². The van der Waals surface area contributed by atoms with Crippen molar-refractivity contribution in [3.05, 3.63) is 12.7 Å². The minimum Gasteiger partial charge on any atom is -0.331 e. The second kappa shape index (κ2) is 4.58. The summed E-state index contributed by atoms with van der Waals surface area (Å²) in [7, 11) is 0. The number of nitrogens with zero attached hydrogens (tertiary/aromatic N) is 2. The van der Waals surface area contributed by atoms with Gasteiger partial charge in [0.25, 0.3) is 0 Å². The molecule has 0 saturated carbocycles. The van der Waals surface area contributed by atoms with E-state index < -0.39 is 0 Å². The molecule has 1 fully saturated rings.